The molecule has 0 saturated carbocycles. The first-order valence-electron chi connectivity index (χ1n) is 19.7. The van der Waals surface area contributed by atoms with Gasteiger partial charge in [0, 0.05) is 50.1 Å². The van der Waals surface area contributed by atoms with Crippen molar-refractivity contribution >= 4 is 60.2 Å². The number of rotatable bonds is 5. The van der Waals surface area contributed by atoms with Gasteiger partial charge in [0.05, 0.1) is 0 Å². The highest BCUT2D eigenvalue weighted by Crippen LogP contribution is 2.48. The minimum Gasteiger partial charge on any atom is -0.456 e. The number of allylic oxidation sites excluding steroid dienone is 8. The molecule has 3 aromatic heterocycles. The van der Waals surface area contributed by atoms with Crippen molar-refractivity contribution < 1.29 is 8.83 Å². The van der Waals surface area contributed by atoms with Gasteiger partial charge in [-0.15, -0.1) is 0 Å². The van der Waals surface area contributed by atoms with E-state index in [1.807, 2.05) is 54.6 Å². The number of hydrogen-bond donors (Lipinski definition) is 0. The summed E-state index contributed by atoms with van der Waals surface area (Å²) in [5.41, 5.74) is 10.9. The lowest BCUT2D eigenvalue weighted by atomic mass is 9.72. The lowest BCUT2D eigenvalue weighted by Crippen LogP contribution is -2.18. The number of furan rings is 2. The van der Waals surface area contributed by atoms with E-state index in [9.17, 15) is 0 Å². The van der Waals surface area contributed by atoms with E-state index < -0.39 is 0 Å². The maximum Gasteiger partial charge on any atom is 0.164 e. The van der Waals surface area contributed by atoms with Crippen LogP contribution in [0.4, 0.5) is 0 Å². The quantitative estimate of drug-likeness (QED) is 0.176. The number of benzene rings is 7. The molecule has 2 unspecified atom stereocenters. The van der Waals surface area contributed by atoms with Crippen LogP contribution in [0.15, 0.2) is 203 Å². The Labute approximate surface area is 333 Å². The average molecular weight is 744 g/mol. The van der Waals surface area contributed by atoms with Gasteiger partial charge >= 0.3 is 0 Å². The molecule has 0 bridgehead atoms. The van der Waals surface area contributed by atoms with Gasteiger partial charge in [-0.25, -0.2) is 15.0 Å². The molecule has 5 nitrogen and oxygen atoms in total. The summed E-state index contributed by atoms with van der Waals surface area (Å²) >= 11 is 0. The number of para-hydroxylation sites is 2. The maximum atomic E-state index is 6.62. The van der Waals surface area contributed by atoms with Crippen molar-refractivity contribution in [3.05, 3.63) is 205 Å². The van der Waals surface area contributed by atoms with Crippen LogP contribution < -0.4 is 0 Å². The van der Waals surface area contributed by atoms with Crippen molar-refractivity contribution in [2.45, 2.75) is 5.92 Å². The van der Waals surface area contributed by atoms with Gasteiger partial charge in [0.2, 0.25) is 0 Å². The van der Waals surface area contributed by atoms with Gasteiger partial charge < -0.3 is 8.83 Å². The molecule has 3 heterocycles. The van der Waals surface area contributed by atoms with Crippen LogP contribution in [-0.2, 0) is 0 Å². The molecular formula is C53H33N3O2. The molecule has 0 fully saturated rings. The Morgan fingerprint density at radius 2 is 1.12 bits per heavy atom. The molecule has 2 aliphatic carbocycles. The smallest absolute Gasteiger partial charge is 0.164 e. The second-order valence-corrected chi connectivity index (χ2v) is 15.1. The Hall–Kier alpha value is -7.63. The Kier molecular flexibility index (Phi) is 7.29. The van der Waals surface area contributed by atoms with Crippen LogP contribution in [0.3, 0.4) is 0 Å². The molecule has 2 atom stereocenters. The standard InChI is InChI=1S/C53H33N3O2/c1-2-14-33(15-3-1)51-54-52(56-53(55-51)43-21-12-24-47-49(43)41-19-8-10-22-45(41)57-47)40-28-27-39(37-17-6-7-18-38(37)40)44-30-36(35-26-25-32-13-4-5-16-34(32)29-35)31-48-50(44)42-20-9-11-23-46(42)58-48/h1-31,37,39H. The van der Waals surface area contributed by atoms with Crippen molar-refractivity contribution in [1.82, 2.24) is 15.0 Å². The van der Waals surface area contributed by atoms with Crippen molar-refractivity contribution in [2.24, 2.45) is 5.92 Å². The lowest BCUT2D eigenvalue weighted by Gasteiger charge is -2.31. The molecule has 2 aliphatic rings. The molecule has 0 saturated heterocycles. The van der Waals surface area contributed by atoms with Gasteiger partial charge in [-0.2, -0.15) is 0 Å². The number of nitrogens with zero attached hydrogens (tertiary/aromatic N) is 3. The summed E-state index contributed by atoms with van der Waals surface area (Å²) < 4.78 is 12.9. The van der Waals surface area contributed by atoms with Crippen LogP contribution in [0.1, 0.15) is 17.3 Å². The third kappa shape index (κ3) is 5.21. The van der Waals surface area contributed by atoms with Crippen LogP contribution in [0.2, 0.25) is 0 Å². The first kappa shape index (κ1) is 32.6. The molecule has 0 radical (unpaired) electrons. The largest absolute Gasteiger partial charge is 0.456 e. The minimum atomic E-state index is 0.0183. The topological polar surface area (TPSA) is 65.0 Å². The van der Waals surface area contributed by atoms with Crippen molar-refractivity contribution in [2.75, 3.05) is 0 Å². The Bertz CT molecular complexity index is 3420. The fourth-order valence-corrected chi connectivity index (χ4v) is 9.04. The lowest BCUT2D eigenvalue weighted by molar-refractivity contribution is 0.663. The fourth-order valence-electron chi connectivity index (χ4n) is 9.04. The third-order valence-electron chi connectivity index (χ3n) is 11.7. The van der Waals surface area contributed by atoms with Crippen LogP contribution >= 0.6 is 0 Å². The van der Waals surface area contributed by atoms with E-state index in [2.05, 4.69) is 134 Å². The number of fused-ring (bicyclic) bond motifs is 8. The zero-order chi connectivity index (χ0) is 38.2. The van der Waals surface area contributed by atoms with E-state index in [0.717, 1.165) is 77.3 Å². The van der Waals surface area contributed by atoms with Crippen LogP contribution in [0, 0.1) is 5.92 Å². The summed E-state index contributed by atoms with van der Waals surface area (Å²) in [6.45, 7) is 0. The molecule has 272 valence electrons. The fraction of sp³-hybridized carbons (Fsp3) is 0.0377. The van der Waals surface area contributed by atoms with E-state index in [4.69, 9.17) is 23.8 Å². The molecule has 12 rings (SSSR count). The first-order valence-corrected chi connectivity index (χ1v) is 19.7. The van der Waals surface area contributed by atoms with Gasteiger partial charge in [0.15, 0.2) is 17.5 Å². The predicted molar refractivity (Wildman–Crippen MR) is 235 cm³/mol. The molecule has 58 heavy (non-hydrogen) atoms. The van der Waals surface area contributed by atoms with E-state index in [1.165, 1.54) is 16.3 Å². The van der Waals surface area contributed by atoms with Crippen molar-refractivity contribution in [3.63, 3.8) is 0 Å². The monoisotopic (exact) mass is 743 g/mol. The van der Waals surface area contributed by atoms with E-state index in [0.29, 0.717) is 17.5 Å². The molecular weight excluding hydrogens is 711 g/mol. The molecule has 0 aliphatic heterocycles. The zero-order valence-electron chi connectivity index (χ0n) is 31.2. The summed E-state index contributed by atoms with van der Waals surface area (Å²) in [6.07, 6.45) is 13.4. The second-order valence-electron chi connectivity index (χ2n) is 15.1. The van der Waals surface area contributed by atoms with Gasteiger partial charge in [-0.05, 0) is 69.4 Å². The van der Waals surface area contributed by atoms with Gasteiger partial charge in [0.1, 0.15) is 22.3 Å². The Balaban J connectivity index is 1.05. The summed E-state index contributed by atoms with van der Waals surface area (Å²) in [4.78, 5) is 15.6. The highest BCUT2D eigenvalue weighted by Gasteiger charge is 2.32. The Morgan fingerprint density at radius 3 is 1.98 bits per heavy atom. The molecule has 7 aromatic carbocycles. The van der Waals surface area contributed by atoms with Crippen LogP contribution in [0.25, 0.3) is 94.1 Å². The van der Waals surface area contributed by atoms with Crippen LogP contribution in [-0.4, -0.2) is 15.0 Å². The number of aromatic nitrogens is 3. The highest BCUT2D eigenvalue weighted by atomic mass is 16.3. The minimum absolute atomic E-state index is 0.0183. The molecule has 0 N–H and O–H groups in total. The maximum absolute atomic E-state index is 6.62. The van der Waals surface area contributed by atoms with E-state index in [1.54, 1.807) is 0 Å². The van der Waals surface area contributed by atoms with E-state index in [-0.39, 0.29) is 11.8 Å². The molecule has 5 heteroatoms. The first-order chi connectivity index (χ1) is 28.7. The van der Waals surface area contributed by atoms with Crippen LogP contribution in [0.5, 0.6) is 0 Å². The zero-order valence-corrected chi connectivity index (χ0v) is 31.2. The summed E-state index contributed by atoms with van der Waals surface area (Å²) in [7, 11) is 0. The second kappa shape index (κ2) is 13.0. The van der Waals surface area contributed by atoms with Gasteiger partial charge in [-0.1, -0.05) is 152 Å². The molecule has 0 spiro atoms. The van der Waals surface area contributed by atoms with E-state index >= 15 is 0 Å². The molecule has 10 aromatic rings. The average Bonchev–Trinajstić information content (AvgIpc) is 3.87. The number of hydrogen-bond acceptors (Lipinski definition) is 5. The highest BCUT2D eigenvalue weighted by molar-refractivity contribution is 6.12. The van der Waals surface area contributed by atoms with Crippen molar-refractivity contribution in [1.29, 1.82) is 0 Å². The Morgan fingerprint density at radius 1 is 0.414 bits per heavy atom. The van der Waals surface area contributed by atoms with Gasteiger partial charge in [-0.3, -0.25) is 0 Å². The third-order valence-corrected chi connectivity index (χ3v) is 11.7. The normalized spacial score (nSPS) is 16.3. The van der Waals surface area contributed by atoms with Crippen molar-refractivity contribution in [3.8, 4) is 33.9 Å². The SMILES string of the molecule is C1=CC2=C(c3nc(-c4ccccc4)nc(-c4cccc5oc6ccccc6c45)n3)C=CC(c3cc(-c4ccc5ccccc5c4)cc4oc5ccccc5c34)C2C=C1. The summed E-state index contributed by atoms with van der Waals surface area (Å²) in [6, 6.07) is 52.6. The molecule has 0 amide bonds. The summed E-state index contributed by atoms with van der Waals surface area (Å²) in [5, 5.41) is 6.72. The predicted octanol–water partition coefficient (Wildman–Crippen LogP) is 13.7. The van der Waals surface area contributed by atoms with Gasteiger partial charge in [0.25, 0.3) is 0 Å². The summed E-state index contributed by atoms with van der Waals surface area (Å²) in [5.74, 6) is 1.90.